The number of nitrogens with zero attached hydrogens (tertiary/aromatic N) is 2. The highest BCUT2D eigenvalue weighted by atomic mass is 32.1. The van der Waals surface area contributed by atoms with Crippen LogP contribution in [0.1, 0.15) is 78.0 Å². The summed E-state index contributed by atoms with van der Waals surface area (Å²) in [6.07, 6.45) is 8.38. The topological polar surface area (TPSA) is 68.0 Å². The van der Waals surface area contributed by atoms with Gasteiger partial charge in [-0.05, 0) is 43.6 Å². The second-order valence-electron chi connectivity index (χ2n) is 7.63. The first kappa shape index (κ1) is 16.8. The highest BCUT2D eigenvalue weighted by Crippen LogP contribution is 2.37. The highest BCUT2D eigenvalue weighted by molar-refractivity contribution is 7.10. The van der Waals surface area contributed by atoms with Crippen molar-refractivity contribution >= 4 is 17.2 Å². The van der Waals surface area contributed by atoms with E-state index in [1.165, 1.54) is 23.3 Å². The molecule has 2 aromatic rings. The molecule has 2 aliphatic carbocycles. The first-order valence-corrected chi connectivity index (χ1v) is 10.2. The van der Waals surface area contributed by atoms with E-state index in [4.69, 9.17) is 4.52 Å². The lowest BCUT2D eigenvalue weighted by Gasteiger charge is -2.35. The Bertz CT molecular complexity index is 773. The molecule has 0 bridgehead atoms. The zero-order chi connectivity index (χ0) is 17.4. The predicted molar refractivity (Wildman–Crippen MR) is 96.8 cm³/mol. The minimum absolute atomic E-state index is 0.0245. The molecule has 1 unspecified atom stereocenters. The summed E-state index contributed by atoms with van der Waals surface area (Å²) >= 11 is 1.73. The molecule has 134 valence electrons. The molecule has 1 amide bonds. The van der Waals surface area contributed by atoms with Crippen LogP contribution in [0.3, 0.4) is 0 Å². The van der Waals surface area contributed by atoms with Gasteiger partial charge in [0, 0.05) is 17.2 Å². The van der Waals surface area contributed by atoms with Crippen molar-refractivity contribution in [3.63, 3.8) is 0 Å². The largest absolute Gasteiger partial charge is 0.340 e. The Hall–Kier alpha value is -1.69. The third-order valence-electron chi connectivity index (χ3n) is 5.66. The van der Waals surface area contributed by atoms with E-state index in [0.717, 1.165) is 44.1 Å². The number of amides is 1. The van der Waals surface area contributed by atoms with Gasteiger partial charge < -0.3 is 9.84 Å². The van der Waals surface area contributed by atoms with Crippen LogP contribution in [-0.2, 0) is 18.4 Å². The van der Waals surface area contributed by atoms with E-state index in [0.29, 0.717) is 17.6 Å². The molecule has 1 fully saturated rings. The van der Waals surface area contributed by atoms with Gasteiger partial charge in [0.1, 0.15) is 5.54 Å². The Morgan fingerprint density at radius 3 is 2.88 bits per heavy atom. The zero-order valence-electron chi connectivity index (χ0n) is 14.9. The van der Waals surface area contributed by atoms with Crippen molar-refractivity contribution in [2.24, 2.45) is 5.92 Å². The van der Waals surface area contributed by atoms with Gasteiger partial charge in [0.2, 0.25) is 5.89 Å². The molecule has 2 heterocycles. The van der Waals surface area contributed by atoms with Gasteiger partial charge in [-0.25, -0.2) is 0 Å². The first-order valence-electron chi connectivity index (χ1n) is 9.30. The maximum Gasteiger partial charge on any atom is 0.253 e. The normalized spacial score (nSPS) is 22.4. The number of thiophene rings is 1. The summed E-state index contributed by atoms with van der Waals surface area (Å²) in [5.41, 5.74) is 1.64. The molecule has 0 aliphatic heterocycles. The lowest BCUT2D eigenvalue weighted by atomic mass is 9.80. The Morgan fingerprint density at radius 1 is 1.36 bits per heavy atom. The molecule has 1 N–H and O–H groups in total. The fraction of sp³-hybridized carbons (Fsp3) is 0.632. The smallest absolute Gasteiger partial charge is 0.253 e. The van der Waals surface area contributed by atoms with Crippen LogP contribution in [0, 0.1) is 12.8 Å². The number of hydrogen-bond donors (Lipinski definition) is 1. The Morgan fingerprint density at radius 2 is 2.16 bits per heavy atom. The maximum absolute atomic E-state index is 13.1. The quantitative estimate of drug-likeness (QED) is 0.894. The Balaban J connectivity index is 1.61. The molecule has 1 atom stereocenters. The summed E-state index contributed by atoms with van der Waals surface area (Å²) in [5, 5.41) is 9.49. The van der Waals surface area contributed by atoms with Crippen LogP contribution in [0.2, 0.25) is 0 Å². The number of aryl methyl sites for hydroxylation is 1. The molecule has 4 rings (SSSR count). The molecular formula is C19H25N3O2S. The monoisotopic (exact) mass is 359 g/mol. The van der Waals surface area contributed by atoms with Gasteiger partial charge in [-0.1, -0.05) is 31.3 Å². The molecular weight excluding hydrogens is 334 g/mol. The zero-order valence-corrected chi connectivity index (χ0v) is 15.7. The Kier molecular flexibility index (Phi) is 4.40. The fourth-order valence-electron chi connectivity index (χ4n) is 4.21. The summed E-state index contributed by atoms with van der Waals surface area (Å²) in [7, 11) is 0. The van der Waals surface area contributed by atoms with E-state index in [2.05, 4.69) is 22.4 Å². The number of rotatable bonds is 3. The molecule has 5 nitrogen and oxygen atoms in total. The number of carbonyl (C=O) groups excluding carboxylic acids is 1. The number of nitrogens with one attached hydrogen (secondary N) is 1. The van der Waals surface area contributed by atoms with Crippen LogP contribution in [0.15, 0.2) is 9.90 Å². The van der Waals surface area contributed by atoms with Gasteiger partial charge in [0.15, 0.2) is 5.82 Å². The van der Waals surface area contributed by atoms with Crippen LogP contribution in [0.5, 0.6) is 0 Å². The molecule has 0 aromatic carbocycles. The van der Waals surface area contributed by atoms with E-state index in [1.54, 1.807) is 18.3 Å². The summed E-state index contributed by atoms with van der Waals surface area (Å²) < 4.78 is 5.21. The van der Waals surface area contributed by atoms with Gasteiger partial charge in [-0.3, -0.25) is 4.79 Å². The molecule has 1 saturated carbocycles. The van der Waals surface area contributed by atoms with Crippen molar-refractivity contribution in [2.75, 3.05) is 0 Å². The molecule has 25 heavy (non-hydrogen) atoms. The van der Waals surface area contributed by atoms with Crippen molar-refractivity contribution in [3.8, 4) is 0 Å². The van der Waals surface area contributed by atoms with E-state index >= 15 is 0 Å². The lowest BCUT2D eigenvalue weighted by Crippen LogP contribution is -2.48. The average molecular weight is 359 g/mol. The summed E-state index contributed by atoms with van der Waals surface area (Å²) in [6, 6.07) is 0. The summed E-state index contributed by atoms with van der Waals surface area (Å²) in [5.74, 6) is 1.93. The van der Waals surface area contributed by atoms with Crippen LogP contribution < -0.4 is 5.32 Å². The third kappa shape index (κ3) is 3.12. The number of fused-ring (bicyclic) bond motifs is 1. The van der Waals surface area contributed by atoms with E-state index in [-0.39, 0.29) is 5.91 Å². The predicted octanol–water partition coefficient (Wildman–Crippen LogP) is 4.15. The molecule has 0 saturated heterocycles. The van der Waals surface area contributed by atoms with Crippen LogP contribution in [-0.4, -0.2) is 16.0 Å². The van der Waals surface area contributed by atoms with Crippen molar-refractivity contribution < 1.29 is 9.32 Å². The lowest BCUT2D eigenvalue weighted by molar-refractivity contribution is 0.0854. The second kappa shape index (κ2) is 6.56. The standard InChI is InChI=1S/C19H25N3O2S/c1-12-6-7-14-15(11-25-16(14)10-12)17(23)21-19(8-4-3-5-9-19)18-20-13(2)24-22-18/h11-12H,3-10H2,1-2H3,(H,21,23). The molecule has 2 aliphatic rings. The van der Waals surface area contributed by atoms with Crippen molar-refractivity contribution in [1.82, 2.24) is 15.5 Å². The molecule has 6 heteroatoms. The molecule has 0 radical (unpaired) electrons. The van der Waals surface area contributed by atoms with Crippen LogP contribution in [0.4, 0.5) is 0 Å². The van der Waals surface area contributed by atoms with Gasteiger partial charge in [-0.15, -0.1) is 11.3 Å². The van der Waals surface area contributed by atoms with Crippen LogP contribution >= 0.6 is 11.3 Å². The van der Waals surface area contributed by atoms with Gasteiger partial charge >= 0.3 is 0 Å². The summed E-state index contributed by atoms with van der Waals surface area (Å²) in [4.78, 5) is 19.0. The fourth-order valence-corrected chi connectivity index (χ4v) is 5.45. The number of hydrogen-bond acceptors (Lipinski definition) is 5. The Labute approximate surface area is 152 Å². The molecule has 2 aromatic heterocycles. The van der Waals surface area contributed by atoms with Crippen molar-refractivity contribution in [2.45, 2.75) is 70.8 Å². The average Bonchev–Trinajstić information content (AvgIpc) is 3.22. The minimum atomic E-state index is -0.482. The van der Waals surface area contributed by atoms with E-state index in [9.17, 15) is 4.79 Å². The van der Waals surface area contributed by atoms with Crippen LogP contribution in [0.25, 0.3) is 0 Å². The van der Waals surface area contributed by atoms with Gasteiger partial charge in [0.05, 0.1) is 5.56 Å². The van der Waals surface area contributed by atoms with Crippen molar-refractivity contribution in [3.05, 3.63) is 33.1 Å². The van der Waals surface area contributed by atoms with E-state index < -0.39 is 5.54 Å². The number of carbonyl (C=O) groups is 1. The van der Waals surface area contributed by atoms with Gasteiger partial charge in [0.25, 0.3) is 5.91 Å². The third-order valence-corrected chi connectivity index (χ3v) is 6.71. The highest BCUT2D eigenvalue weighted by Gasteiger charge is 2.40. The second-order valence-corrected chi connectivity index (χ2v) is 8.60. The minimum Gasteiger partial charge on any atom is -0.340 e. The SMILES string of the molecule is Cc1nc(C2(NC(=O)c3csc4c3CCC(C)C4)CCCCC2)no1. The number of aromatic nitrogens is 2. The maximum atomic E-state index is 13.1. The molecule has 0 spiro atoms. The first-order chi connectivity index (χ1) is 12.1. The summed E-state index contributed by atoms with van der Waals surface area (Å²) in [6.45, 7) is 4.09. The van der Waals surface area contributed by atoms with Gasteiger partial charge in [-0.2, -0.15) is 4.98 Å². The van der Waals surface area contributed by atoms with Crippen molar-refractivity contribution in [1.29, 1.82) is 0 Å². The van der Waals surface area contributed by atoms with E-state index in [1.807, 2.05) is 5.38 Å².